The van der Waals surface area contributed by atoms with Crippen LogP contribution in [0, 0.1) is 5.92 Å². The molecule has 4 nitrogen and oxygen atoms in total. The Bertz CT molecular complexity index is 527. The summed E-state index contributed by atoms with van der Waals surface area (Å²) < 4.78 is 37.4. The molecule has 0 saturated heterocycles. The summed E-state index contributed by atoms with van der Waals surface area (Å²) in [5.74, 6) is 0.199. The number of rotatable bonds is 30. The molecule has 1 atom stereocenters. The predicted molar refractivity (Wildman–Crippen MR) is 155 cm³/mol. The van der Waals surface area contributed by atoms with Crippen LogP contribution in [0.15, 0.2) is 0 Å². The van der Waals surface area contributed by atoms with Crippen molar-refractivity contribution in [3.05, 3.63) is 0 Å². The van der Waals surface area contributed by atoms with Gasteiger partial charge in [-0.15, -0.1) is 0 Å². The maximum absolute atomic E-state index is 10.9. The molecule has 0 aliphatic rings. The molecule has 6 heteroatoms. The summed E-state index contributed by atoms with van der Waals surface area (Å²) in [4.78, 5) is 0. The second-order valence-electron chi connectivity index (χ2n) is 11.3. The maximum atomic E-state index is 10.9. The van der Waals surface area contributed by atoms with Gasteiger partial charge in [-0.05, 0) is 18.8 Å². The van der Waals surface area contributed by atoms with E-state index in [-0.39, 0.29) is 42.1 Å². The molecule has 37 heavy (non-hydrogen) atoms. The molecule has 0 heterocycles. The predicted octanol–water partition coefficient (Wildman–Crippen LogP) is 7.66. The molecule has 0 aromatic carbocycles. The first-order valence-corrected chi connectivity index (χ1v) is 17.4. The first-order valence-electron chi connectivity index (χ1n) is 16.1. The van der Waals surface area contributed by atoms with Gasteiger partial charge in [0.25, 0.3) is 0 Å². The molecule has 0 amide bonds. The van der Waals surface area contributed by atoms with Crippen molar-refractivity contribution in [3.63, 3.8) is 0 Å². The number of unbranched alkanes of at least 4 members (excludes halogenated alkanes) is 23. The first-order chi connectivity index (χ1) is 17.5. The molecule has 0 fully saturated rings. The minimum Gasteiger partial charge on any atom is -0.726 e. The molecule has 0 N–H and O–H groups in total. The standard InChI is InChI=1S/C31H64O4S.Na/c1-3-5-7-9-11-13-15-17-19-21-23-25-27-29-31(30-35-36(32,33)34)28-26-24-22-20-18-16-14-12-10-8-6-4-2;/h31H,3-30H2,1-2H3,(H,32,33,34);/q;+1/p-1. The van der Waals surface area contributed by atoms with E-state index < -0.39 is 10.4 Å². The minimum absolute atomic E-state index is 0. The van der Waals surface area contributed by atoms with Gasteiger partial charge in [0.05, 0.1) is 6.61 Å². The van der Waals surface area contributed by atoms with Gasteiger partial charge >= 0.3 is 29.6 Å². The van der Waals surface area contributed by atoms with Crippen LogP contribution in [0.5, 0.6) is 0 Å². The molecule has 0 bridgehead atoms. The molecular weight excluding hydrogens is 491 g/mol. The zero-order valence-electron chi connectivity index (χ0n) is 25.4. The quantitative estimate of drug-likeness (QED) is 0.0396. The van der Waals surface area contributed by atoms with E-state index in [4.69, 9.17) is 0 Å². The number of hydrogen-bond acceptors (Lipinski definition) is 4. The fourth-order valence-corrected chi connectivity index (χ4v) is 5.57. The van der Waals surface area contributed by atoms with Crippen molar-refractivity contribution in [2.24, 2.45) is 5.92 Å². The summed E-state index contributed by atoms with van der Waals surface area (Å²) in [6.45, 7) is 4.61. The zero-order valence-corrected chi connectivity index (χ0v) is 28.2. The van der Waals surface area contributed by atoms with E-state index in [1.807, 2.05) is 0 Å². The van der Waals surface area contributed by atoms with E-state index in [1.54, 1.807) is 0 Å². The van der Waals surface area contributed by atoms with Crippen LogP contribution < -0.4 is 29.6 Å². The Morgan fingerprint density at radius 1 is 0.486 bits per heavy atom. The monoisotopic (exact) mass is 554 g/mol. The van der Waals surface area contributed by atoms with Crippen LogP contribution in [-0.4, -0.2) is 19.6 Å². The zero-order chi connectivity index (χ0) is 26.6. The molecule has 0 aromatic rings. The van der Waals surface area contributed by atoms with Crippen molar-refractivity contribution in [1.82, 2.24) is 0 Å². The Balaban J connectivity index is 0. The number of hydrogen-bond donors (Lipinski definition) is 0. The van der Waals surface area contributed by atoms with Crippen molar-refractivity contribution in [1.29, 1.82) is 0 Å². The minimum atomic E-state index is -4.58. The van der Waals surface area contributed by atoms with Gasteiger partial charge in [0, 0.05) is 0 Å². The van der Waals surface area contributed by atoms with Crippen LogP contribution in [-0.2, 0) is 14.6 Å². The third kappa shape index (κ3) is 34.8. The van der Waals surface area contributed by atoms with Crippen molar-refractivity contribution < 1.29 is 46.7 Å². The summed E-state index contributed by atoms with van der Waals surface area (Å²) in [6, 6.07) is 0. The summed E-state index contributed by atoms with van der Waals surface area (Å²) in [6.07, 6.45) is 35.1. The molecule has 0 spiro atoms. The SMILES string of the molecule is CCCCCCCCCCCCCCCC(CCCCCCCCCCCCCC)COS(=O)(=O)[O-].[Na+]. The Hall–Kier alpha value is 0.870. The van der Waals surface area contributed by atoms with Gasteiger partial charge < -0.3 is 4.55 Å². The molecule has 0 aliphatic heterocycles. The second-order valence-corrected chi connectivity index (χ2v) is 12.3. The van der Waals surface area contributed by atoms with Crippen LogP contribution >= 0.6 is 0 Å². The van der Waals surface area contributed by atoms with Crippen LogP contribution in [0.25, 0.3) is 0 Å². The fourth-order valence-electron chi connectivity index (χ4n) is 5.22. The Morgan fingerprint density at radius 3 is 0.973 bits per heavy atom. The third-order valence-corrected chi connectivity index (χ3v) is 8.05. The van der Waals surface area contributed by atoms with Gasteiger partial charge in [0.2, 0.25) is 10.4 Å². The second kappa shape index (κ2) is 31.4. The fraction of sp³-hybridized carbons (Fsp3) is 1.00. The maximum Gasteiger partial charge on any atom is 1.00 e. The average Bonchev–Trinajstić information content (AvgIpc) is 2.84. The van der Waals surface area contributed by atoms with Crippen molar-refractivity contribution in [3.8, 4) is 0 Å². The Morgan fingerprint density at radius 2 is 0.730 bits per heavy atom. The summed E-state index contributed by atoms with van der Waals surface area (Å²) in [5, 5.41) is 0. The smallest absolute Gasteiger partial charge is 0.726 e. The van der Waals surface area contributed by atoms with Crippen molar-refractivity contribution in [2.75, 3.05) is 6.61 Å². The van der Waals surface area contributed by atoms with E-state index in [0.717, 1.165) is 25.7 Å². The van der Waals surface area contributed by atoms with Crippen molar-refractivity contribution >= 4 is 10.4 Å². The average molecular weight is 555 g/mol. The van der Waals surface area contributed by atoms with Crippen LogP contribution in [0.3, 0.4) is 0 Å². The van der Waals surface area contributed by atoms with Crippen LogP contribution in [0.1, 0.15) is 187 Å². The van der Waals surface area contributed by atoms with Gasteiger partial charge in [-0.2, -0.15) is 0 Å². The van der Waals surface area contributed by atoms with E-state index in [0.29, 0.717) is 0 Å². The van der Waals surface area contributed by atoms with Gasteiger partial charge in [-0.3, -0.25) is 4.18 Å². The first kappa shape index (κ1) is 40.0. The van der Waals surface area contributed by atoms with Gasteiger partial charge in [-0.1, -0.05) is 174 Å². The molecule has 0 aromatic heterocycles. The van der Waals surface area contributed by atoms with Crippen molar-refractivity contribution in [2.45, 2.75) is 187 Å². The van der Waals surface area contributed by atoms with Crippen LogP contribution in [0.2, 0.25) is 0 Å². The Labute approximate surface area is 255 Å². The third-order valence-electron chi connectivity index (χ3n) is 7.63. The molecule has 0 saturated carbocycles. The van der Waals surface area contributed by atoms with E-state index in [1.165, 1.54) is 148 Å². The summed E-state index contributed by atoms with van der Waals surface area (Å²) in [5.41, 5.74) is 0. The molecule has 1 unspecified atom stereocenters. The largest absolute Gasteiger partial charge is 1.00 e. The van der Waals surface area contributed by atoms with E-state index in [9.17, 15) is 13.0 Å². The Kier molecular flexibility index (Phi) is 34.0. The van der Waals surface area contributed by atoms with Gasteiger partial charge in [0.1, 0.15) is 0 Å². The molecular formula is C31H63NaO4S. The van der Waals surface area contributed by atoms with E-state index in [2.05, 4.69) is 18.0 Å². The topological polar surface area (TPSA) is 66.4 Å². The molecule has 0 aliphatic carbocycles. The van der Waals surface area contributed by atoms with Gasteiger partial charge in [0.15, 0.2) is 0 Å². The molecule has 218 valence electrons. The summed E-state index contributed by atoms with van der Waals surface area (Å²) >= 11 is 0. The molecule has 0 radical (unpaired) electrons. The van der Waals surface area contributed by atoms with Gasteiger partial charge in [-0.25, -0.2) is 8.42 Å². The van der Waals surface area contributed by atoms with E-state index >= 15 is 0 Å². The van der Waals surface area contributed by atoms with Crippen LogP contribution in [0.4, 0.5) is 0 Å². The molecule has 0 rings (SSSR count). The summed E-state index contributed by atoms with van der Waals surface area (Å²) in [7, 11) is -4.58. The normalized spacial score (nSPS) is 12.5.